The standard InChI is InChI=1S/C22H17Cl2N3O2/c1-14-5-2-3-8-19(14)22(29)26-18-7-4-6-15(11-18)21(28)27-25-13-16-9-10-17(23)12-20(16)24/h2-13H,1H3,(H,26,29)(H,27,28). The van der Waals surface area contributed by atoms with Gasteiger partial charge in [-0.25, -0.2) is 5.43 Å². The molecule has 0 atom stereocenters. The zero-order valence-electron chi connectivity index (χ0n) is 15.4. The summed E-state index contributed by atoms with van der Waals surface area (Å²) >= 11 is 11.9. The molecule has 29 heavy (non-hydrogen) atoms. The Hall–Kier alpha value is -3.15. The van der Waals surface area contributed by atoms with Crippen molar-refractivity contribution >= 4 is 46.9 Å². The first-order chi connectivity index (χ1) is 13.9. The van der Waals surface area contributed by atoms with Gasteiger partial charge in [-0.3, -0.25) is 9.59 Å². The third kappa shape index (κ3) is 5.44. The molecule has 2 N–H and O–H groups in total. The second-order valence-corrected chi connectivity index (χ2v) is 7.06. The van der Waals surface area contributed by atoms with Gasteiger partial charge in [-0.1, -0.05) is 53.5 Å². The van der Waals surface area contributed by atoms with Gasteiger partial charge in [0.05, 0.1) is 11.2 Å². The summed E-state index contributed by atoms with van der Waals surface area (Å²) in [5, 5.41) is 7.66. The number of carbonyl (C=O) groups excluding carboxylic acids is 2. The molecule has 0 aliphatic carbocycles. The van der Waals surface area contributed by atoms with Crippen molar-refractivity contribution in [3.8, 4) is 0 Å². The van der Waals surface area contributed by atoms with Gasteiger partial charge in [0.2, 0.25) is 0 Å². The van der Waals surface area contributed by atoms with Gasteiger partial charge in [0.1, 0.15) is 0 Å². The summed E-state index contributed by atoms with van der Waals surface area (Å²) in [7, 11) is 0. The smallest absolute Gasteiger partial charge is 0.271 e. The van der Waals surface area contributed by atoms with Crippen LogP contribution in [0.5, 0.6) is 0 Å². The molecule has 0 aliphatic rings. The van der Waals surface area contributed by atoms with Crippen molar-refractivity contribution in [3.05, 3.63) is 99.0 Å². The molecule has 2 amide bonds. The quantitative estimate of drug-likeness (QED) is 0.428. The molecule has 0 heterocycles. The Bertz CT molecular complexity index is 1100. The lowest BCUT2D eigenvalue weighted by Crippen LogP contribution is -2.18. The van der Waals surface area contributed by atoms with Crippen LogP contribution in [0, 0.1) is 6.92 Å². The van der Waals surface area contributed by atoms with E-state index in [4.69, 9.17) is 23.2 Å². The molecule has 0 aromatic heterocycles. The Morgan fingerprint density at radius 2 is 1.72 bits per heavy atom. The van der Waals surface area contributed by atoms with E-state index in [9.17, 15) is 9.59 Å². The summed E-state index contributed by atoms with van der Waals surface area (Å²) in [5.74, 6) is -0.658. The summed E-state index contributed by atoms with van der Waals surface area (Å²) in [6.07, 6.45) is 1.43. The number of nitrogens with zero attached hydrogens (tertiary/aromatic N) is 1. The van der Waals surface area contributed by atoms with Gasteiger partial charge in [0.25, 0.3) is 11.8 Å². The van der Waals surface area contributed by atoms with Crippen LogP contribution < -0.4 is 10.7 Å². The molecular weight excluding hydrogens is 409 g/mol. The molecule has 0 saturated carbocycles. The van der Waals surface area contributed by atoms with Crippen LogP contribution in [0.25, 0.3) is 0 Å². The number of rotatable bonds is 5. The average Bonchev–Trinajstić information content (AvgIpc) is 2.70. The van der Waals surface area contributed by atoms with Crippen LogP contribution >= 0.6 is 23.2 Å². The maximum absolute atomic E-state index is 12.4. The average molecular weight is 426 g/mol. The molecule has 0 aliphatic heterocycles. The lowest BCUT2D eigenvalue weighted by Gasteiger charge is -2.08. The Kier molecular flexibility index (Phi) is 6.65. The van der Waals surface area contributed by atoms with Gasteiger partial charge in [-0.2, -0.15) is 5.10 Å². The topological polar surface area (TPSA) is 70.6 Å². The van der Waals surface area contributed by atoms with E-state index in [0.29, 0.717) is 32.4 Å². The normalized spacial score (nSPS) is 10.7. The lowest BCUT2D eigenvalue weighted by atomic mass is 10.1. The molecule has 146 valence electrons. The van der Waals surface area contributed by atoms with E-state index in [-0.39, 0.29) is 5.91 Å². The van der Waals surface area contributed by atoms with Crippen molar-refractivity contribution in [2.75, 3.05) is 5.32 Å². The minimum absolute atomic E-state index is 0.240. The number of amides is 2. The van der Waals surface area contributed by atoms with E-state index < -0.39 is 5.91 Å². The molecule has 3 aromatic rings. The predicted molar refractivity (Wildman–Crippen MR) is 117 cm³/mol. The third-order valence-electron chi connectivity index (χ3n) is 4.10. The highest BCUT2D eigenvalue weighted by atomic mass is 35.5. The molecular formula is C22H17Cl2N3O2. The highest BCUT2D eigenvalue weighted by molar-refractivity contribution is 6.36. The maximum atomic E-state index is 12.4. The van der Waals surface area contributed by atoms with Crippen LogP contribution in [-0.2, 0) is 0 Å². The maximum Gasteiger partial charge on any atom is 0.271 e. The molecule has 0 radical (unpaired) electrons. The predicted octanol–water partition coefficient (Wildman–Crippen LogP) is 5.32. The van der Waals surface area contributed by atoms with Crippen LogP contribution in [0.1, 0.15) is 31.8 Å². The number of hydrogen-bond acceptors (Lipinski definition) is 3. The van der Waals surface area contributed by atoms with E-state index in [1.165, 1.54) is 6.21 Å². The number of aryl methyl sites for hydroxylation is 1. The van der Waals surface area contributed by atoms with Gasteiger partial charge in [0, 0.05) is 27.4 Å². The number of nitrogens with one attached hydrogen (secondary N) is 2. The molecule has 3 rings (SSSR count). The SMILES string of the molecule is Cc1ccccc1C(=O)Nc1cccc(C(=O)NN=Cc2ccc(Cl)cc2Cl)c1. The van der Waals surface area contributed by atoms with Crippen molar-refractivity contribution in [2.45, 2.75) is 6.92 Å². The lowest BCUT2D eigenvalue weighted by molar-refractivity contribution is 0.0953. The second-order valence-electron chi connectivity index (χ2n) is 6.21. The summed E-state index contributed by atoms with van der Waals surface area (Å²) < 4.78 is 0. The first-order valence-electron chi connectivity index (χ1n) is 8.69. The van der Waals surface area contributed by atoms with E-state index in [1.807, 2.05) is 19.1 Å². The number of anilines is 1. The van der Waals surface area contributed by atoms with Crippen molar-refractivity contribution < 1.29 is 9.59 Å². The van der Waals surface area contributed by atoms with Gasteiger partial charge in [-0.15, -0.1) is 0 Å². The molecule has 0 unspecified atom stereocenters. The fourth-order valence-electron chi connectivity index (χ4n) is 2.60. The number of hydrazone groups is 1. The first kappa shape index (κ1) is 20.6. The van der Waals surface area contributed by atoms with Crippen molar-refractivity contribution in [1.29, 1.82) is 0 Å². The van der Waals surface area contributed by atoms with Gasteiger partial charge < -0.3 is 5.32 Å². The van der Waals surface area contributed by atoms with Crippen LogP contribution in [0.15, 0.2) is 71.8 Å². The Morgan fingerprint density at radius 3 is 2.48 bits per heavy atom. The van der Waals surface area contributed by atoms with Crippen molar-refractivity contribution in [1.82, 2.24) is 5.43 Å². The molecule has 0 fully saturated rings. The zero-order chi connectivity index (χ0) is 20.8. The highest BCUT2D eigenvalue weighted by Gasteiger charge is 2.10. The van der Waals surface area contributed by atoms with Gasteiger partial charge >= 0.3 is 0 Å². The first-order valence-corrected chi connectivity index (χ1v) is 9.45. The monoisotopic (exact) mass is 425 g/mol. The second kappa shape index (κ2) is 9.37. The van der Waals surface area contributed by atoms with Crippen LogP contribution in [0.3, 0.4) is 0 Å². The minimum atomic E-state index is -0.418. The molecule has 3 aromatic carbocycles. The van der Waals surface area contributed by atoms with E-state index in [1.54, 1.807) is 54.6 Å². The Morgan fingerprint density at radius 1 is 0.931 bits per heavy atom. The zero-order valence-corrected chi connectivity index (χ0v) is 17.0. The van der Waals surface area contributed by atoms with Crippen LogP contribution in [-0.4, -0.2) is 18.0 Å². The highest BCUT2D eigenvalue weighted by Crippen LogP contribution is 2.19. The van der Waals surface area contributed by atoms with E-state index >= 15 is 0 Å². The third-order valence-corrected chi connectivity index (χ3v) is 4.67. The van der Waals surface area contributed by atoms with Crippen molar-refractivity contribution in [2.24, 2.45) is 5.10 Å². The van der Waals surface area contributed by atoms with Gasteiger partial charge in [0.15, 0.2) is 0 Å². The molecule has 7 heteroatoms. The number of halogens is 2. The van der Waals surface area contributed by atoms with Crippen LogP contribution in [0.4, 0.5) is 5.69 Å². The summed E-state index contributed by atoms with van der Waals surface area (Å²) in [6.45, 7) is 1.86. The molecule has 0 spiro atoms. The largest absolute Gasteiger partial charge is 0.322 e. The van der Waals surface area contributed by atoms with E-state index in [0.717, 1.165) is 5.56 Å². The molecule has 0 saturated heterocycles. The number of carbonyl (C=O) groups is 2. The van der Waals surface area contributed by atoms with Crippen LogP contribution in [0.2, 0.25) is 10.0 Å². The summed E-state index contributed by atoms with van der Waals surface area (Å²) in [4.78, 5) is 24.8. The van der Waals surface area contributed by atoms with E-state index in [2.05, 4.69) is 15.8 Å². The Balaban J connectivity index is 1.67. The fourth-order valence-corrected chi connectivity index (χ4v) is 3.05. The number of hydrogen-bond donors (Lipinski definition) is 2. The molecule has 5 nitrogen and oxygen atoms in total. The number of benzene rings is 3. The minimum Gasteiger partial charge on any atom is -0.322 e. The fraction of sp³-hybridized carbons (Fsp3) is 0.0455. The summed E-state index contributed by atoms with van der Waals surface area (Å²) in [6, 6.07) is 18.9. The van der Waals surface area contributed by atoms with Gasteiger partial charge in [-0.05, 0) is 48.9 Å². The van der Waals surface area contributed by atoms with Crippen molar-refractivity contribution in [3.63, 3.8) is 0 Å². The Labute approximate surface area is 178 Å². The molecule has 0 bridgehead atoms. The summed E-state index contributed by atoms with van der Waals surface area (Å²) in [5.41, 5.74) is 5.37.